The number of nitrogens with zero attached hydrogens (tertiary/aromatic N) is 8. The summed E-state index contributed by atoms with van der Waals surface area (Å²) in [5.41, 5.74) is 12.8. The number of carbonyl (C=O) groups excluding carboxylic acids is 1. The van der Waals surface area contributed by atoms with Crippen molar-refractivity contribution in [3.8, 4) is 11.6 Å². The Labute approximate surface area is 230 Å². The zero-order chi connectivity index (χ0) is 27.0. The average Bonchev–Trinajstić information content (AvgIpc) is 3.35. The first-order valence-corrected chi connectivity index (χ1v) is 13.4. The van der Waals surface area contributed by atoms with Crippen LogP contribution in [0.2, 0.25) is 10.3 Å². The van der Waals surface area contributed by atoms with Crippen molar-refractivity contribution in [2.45, 2.75) is 45.2 Å². The Bertz CT molecular complexity index is 1330. The van der Waals surface area contributed by atoms with Gasteiger partial charge in [0.15, 0.2) is 22.5 Å². The number of piperazine rings is 1. The van der Waals surface area contributed by atoms with Crippen LogP contribution in [-0.2, 0) is 0 Å². The van der Waals surface area contributed by atoms with Gasteiger partial charge >= 0.3 is 0 Å². The zero-order valence-corrected chi connectivity index (χ0v) is 22.8. The summed E-state index contributed by atoms with van der Waals surface area (Å²) in [7, 11) is 0. The molecule has 38 heavy (non-hydrogen) atoms. The molecule has 0 bridgehead atoms. The van der Waals surface area contributed by atoms with Gasteiger partial charge < -0.3 is 25.7 Å². The minimum absolute atomic E-state index is 0.105. The minimum Gasteiger partial charge on any atom is -0.420 e. The number of amides is 1. The van der Waals surface area contributed by atoms with Crippen LogP contribution in [0, 0.1) is 6.92 Å². The predicted molar refractivity (Wildman–Crippen MR) is 145 cm³/mol. The maximum Gasteiger partial charge on any atom is 0.270 e. The molecule has 0 saturated carbocycles. The van der Waals surface area contributed by atoms with Crippen molar-refractivity contribution >= 4 is 46.6 Å². The topological polar surface area (TPSA) is 156 Å². The van der Waals surface area contributed by atoms with Gasteiger partial charge in [-0.3, -0.25) is 9.69 Å². The van der Waals surface area contributed by atoms with Gasteiger partial charge in [0.2, 0.25) is 5.89 Å². The van der Waals surface area contributed by atoms with Gasteiger partial charge in [0.05, 0.1) is 5.56 Å². The third-order valence-electron chi connectivity index (χ3n) is 7.23. The number of likely N-dealkylation sites (tertiary alicyclic amines) is 1. The van der Waals surface area contributed by atoms with E-state index in [1.54, 1.807) is 19.1 Å². The lowest BCUT2D eigenvalue weighted by atomic mass is 9.97. The van der Waals surface area contributed by atoms with Crippen molar-refractivity contribution in [2.24, 2.45) is 0 Å². The number of rotatable bonds is 5. The Hall–Kier alpha value is -3.22. The molecule has 0 unspecified atom stereocenters. The van der Waals surface area contributed by atoms with E-state index in [0.29, 0.717) is 42.4 Å². The van der Waals surface area contributed by atoms with Crippen molar-refractivity contribution in [3.05, 3.63) is 33.9 Å². The molecule has 0 radical (unpaired) electrons. The third kappa shape index (κ3) is 5.20. The highest BCUT2D eigenvalue weighted by molar-refractivity contribution is 6.32. The summed E-state index contributed by atoms with van der Waals surface area (Å²) in [6, 6.07) is 3.90. The number of anilines is 3. The lowest BCUT2D eigenvalue weighted by molar-refractivity contribution is 0.0491. The number of carbonyl (C=O) groups is 1. The van der Waals surface area contributed by atoms with Crippen molar-refractivity contribution in [2.75, 3.05) is 49.1 Å². The van der Waals surface area contributed by atoms with E-state index in [2.05, 4.69) is 41.9 Å². The van der Waals surface area contributed by atoms with E-state index in [4.69, 9.17) is 39.1 Å². The molecular weight excluding hydrogens is 531 g/mol. The van der Waals surface area contributed by atoms with Crippen LogP contribution >= 0.6 is 23.2 Å². The molecule has 3 aromatic heterocycles. The van der Waals surface area contributed by atoms with E-state index in [1.807, 2.05) is 4.90 Å². The maximum absolute atomic E-state index is 13.0. The van der Waals surface area contributed by atoms with E-state index < -0.39 is 0 Å². The highest BCUT2D eigenvalue weighted by Crippen LogP contribution is 2.32. The molecular formula is C24H30Cl2N10O2. The highest BCUT2D eigenvalue weighted by Gasteiger charge is 2.35. The Morgan fingerprint density at radius 3 is 2.47 bits per heavy atom. The fraction of sp³-hybridized carbons (Fsp3) is 0.500. The van der Waals surface area contributed by atoms with Crippen LogP contribution in [0.5, 0.6) is 0 Å². The van der Waals surface area contributed by atoms with E-state index in [1.165, 1.54) is 0 Å². The van der Waals surface area contributed by atoms with Gasteiger partial charge in [0, 0.05) is 51.7 Å². The second-order valence-electron chi connectivity index (χ2n) is 9.53. The number of aromatic nitrogens is 5. The Morgan fingerprint density at radius 2 is 1.82 bits per heavy atom. The molecule has 5 heterocycles. The number of pyridine rings is 1. The summed E-state index contributed by atoms with van der Waals surface area (Å²) in [5, 5.41) is 8.31. The lowest BCUT2D eigenvalue weighted by Crippen LogP contribution is -2.58. The van der Waals surface area contributed by atoms with E-state index in [-0.39, 0.29) is 39.4 Å². The summed E-state index contributed by atoms with van der Waals surface area (Å²) < 4.78 is 5.44. The average molecular weight is 561 g/mol. The number of hydrogen-bond donors (Lipinski definition) is 2. The van der Waals surface area contributed by atoms with Gasteiger partial charge in [-0.2, -0.15) is 0 Å². The summed E-state index contributed by atoms with van der Waals surface area (Å²) in [6.07, 6.45) is 2.73. The van der Waals surface area contributed by atoms with Crippen molar-refractivity contribution in [1.82, 2.24) is 34.9 Å². The summed E-state index contributed by atoms with van der Waals surface area (Å²) in [6.45, 7) is 7.51. The largest absolute Gasteiger partial charge is 0.420 e. The molecule has 0 aliphatic carbocycles. The second-order valence-corrected chi connectivity index (χ2v) is 10.3. The minimum atomic E-state index is -0.105. The van der Waals surface area contributed by atoms with E-state index >= 15 is 0 Å². The maximum atomic E-state index is 13.0. The normalized spacial score (nSPS) is 19.2. The van der Waals surface area contributed by atoms with Gasteiger partial charge in [-0.25, -0.2) is 15.0 Å². The van der Waals surface area contributed by atoms with Crippen LogP contribution in [0.1, 0.15) is 42.4 Å². The molecule has 14 heteroatoms. The molecule has 5 rings (SSSR count). The van der Waals surface area contributed by atoms with E-state index in [9.17, 15) is 4.79 Å². The molecule has 12 nitrogen and oxygen atoms in total. The van der Waals surface area contributed by atoms with Crippen molar-refractivity contribution in [1.29, 1.82) is 0 Å². The van der Waals surface area contributed by atoms with Crippen LogP contribution < -0.4 is 16.4 Å². The number of hydrogen-bond acceptors (Lipinski definition) is 11. The summed E-state index contributed by atoms with van der Waals surface area (Å²) >= 11 is 12.4. The third-order valence-corrected chi connectivity index (χ3v) is 7.70. The quantitative estimate of drug-likeness (QED) is 0.442. The molecule has 0 spiro atoms. The monoisotopic (exact) mass is 560 g/mol. The van der Waals surface area contributed by atoms with E-state index in [0.717, 1.165) is 38.9 Å². The fourth-order valence-electron chi connectivity index (χ4n) is 5.28. The summed E-state index contributed by atoms with van der Waals surface area (Å²) in [4.78, 5) is 32.5. The van der Waals surface area contributed by atoms with Gasteiger partial charge in [0.1, 0.15) is 11.0 Å². The van der Waals surface area contributed by atoms with Crippen molar-refractivity contribution in [3.63, 3.8) is 0 Å². The number of halogens is 2. The first-order valence-electron chi connectivity index (χ1n) is 12.6. The molecule has 202 valence electrons. The first-order chi connectivity index (χ1) is 18.2. The van der Waals surface area contributed by atoms with Gasteiger partial charge in [0.25, 0.3) is 11.8 Å². The number of nitrogens with two attached hydrogens (primary N) is 2. The molecule has 0 aromatic carbocycles. The molecule has 1 amide bonds. The fourth-order valence-corrected chi connectivity index (χ4v) is 5.68. The molecule has 2 aliphatic rings. The smallest absolute Gasteiger partial charge is 0.270 e. The standard InChI is InChI=1S/C24H30Cl2N10O2/c1-3-14-12-35(22-19(26)30-18(21(28)31-22)23-33-32-13(2)38-23)10-11-36(14)15-6-8-34(9-7-15)24(37)16-4-5-17(25)29-20(16)27/h4-5,14-15H,3,6-12H2,1-2H3,(H2,27,29)(H2,28,31)/t14-/m0/s1. The van der Waals surface area contributed by atoms with Crippen LogP contribution in [0.3, 0.4) is 0 Å². The molecule has 2 saturated heterocycles. The Kier molecular flexibility index (Phi) is 7.55. The molecule has 3 aromatic rings. The summed E-state index contributed by atoms with van der Waals surface area (Å²) in [5.74, 6) is 1.40. The van der Waals surface area contributed by atoms with Gasteiger partial charge in [-0.05, 0) is 31.4 Å². The second kappa shape index (κ2) is 10.9. The Balaban J connectivity index is 1.23. The lowest BCUT2D eigenvalue weighted by Gasteiger charge is -2.47. The zero-order valence-electron chi connectivity index (χ0n) is 21.3. The number of piperidine rings is 1. The number of aryl methyl sites for hydroxylation is 1. The number of nitrogen functional groups attached to an aromatic ring is 2. The van der Waals surface area contributed by atoms with Crippen LogP contribution in [0.15, 0.2) is 16.5 Å². The first kappa shape index (κ1) is 26.4. The molecule has 2 aliphatic heterocycles. The highest BCUT2D eigenvalue weighted by atomic mass is 35.5. The Morgan fingerprint density at radius 1 is 1.05 bits per heavy atom. The van der Waals surface area contributed by atoms with Crippen LogP contribution in [0.4, 0.5) is 17.5 Å². The van der Waals surface area contributed by atoms with Crippen LogP contribution in [-0.4, -0.2) is 85.7 Å². The SMILES string of the molecule is CC[C@H]1CN(c2nc(N)c(-c3nnc(C)o3)nc2Cl)CCN1C1CCN(C(=O)c2ccc(Cl)nc2N)CC1. The molecule has 2 fully saturated rings. The van der Waals surface area contributed by atoms with Gasteiger partial charge in [-0.1, -0.05) is 30.1 Å². The van der Waals surface area contributed by atoms with Gasteiger partial charge in [-0.15, -0.1) is 10.2 Å². The molecule has 1 atom stereocenters. The van der Waals surface area contributed by atoms with Crippen LogP contribution in [0.25, 0.3) is 11.6 Å². The predicted octanol–water partition coefficient (Wildman–Crippen LogP) is 2.91. The van der Waals surface area contributed by atoms with Crippen molar-refractivity contribution < 1.29 is 9.21 Å². The molecule has 4 N–H and O–H groups in total.